The van der Waals surface area contributed by atoms with Gasteiger partial charge in [-0.1, -0.05) is 35.7 Å². The molecule has 1 aromatic heterocycles. The van der Waals surface area contributed by atoms with Gasteiger partial charge in [-0.3, -0.25) is 9.59 Å². The number of halogens is 1. The number of hydrogen-bond donors (Lipinski definition) is 3. The number of amides is 1. The summed E-state index contributed by atoms with van der Waals surface area (Å²) in [5, 5.41) is 12.9. The Morgan fingerprint density at radius 2 is 2.09 bits per heavy atom. The van der Waals surface area contributed by atoms with Gasteiger partial charge in [-0.05, 0) is 43.7 Å². The SMILES string of the molecule is CN(CC#N)SC1(CO/C(N)=c2/c(=C\N)cc(C(=O)NCc3ccc(Cl)cc3)c(=O)n2C)CC1. The second-order valence-electron chi connectivity index (χ2n) is 8.07. The van der Waals surface area contributed by atoms with Gasteiger partial charge in [0.2, 0.25) is 5.88 Å². The Morgan fingerprint density at radius 1 is 1.41 bits per heavy atom. The van der Waals surface area contributed by atoms with E-state index in [0.29, 0.717) is 28.7 Å². The lowest BCUT2D eigenvalue weighted by atomic mass is 10.2. The Bertz CT molecular complexity index is 1280. The predicted octanol–water partition coefficient (Wildman–Crippen LogP) is 0.343. The van der Waals surface area contributed by atoms with Crippen LogP contribution < -0.4 is 32.9 Å². The van der Waals surface area contributed by atoms with Gasteiger partial charge in [0.05, 0.1) is 17.4 Å². The molecule has 1 heterocycles. The van der Waals surface area contributed by atoms with Crippen LogP contribution in [0, 0.1) is 11.3 Å². The summed E-state index contributed by atoms with van der Waals surface area (Å²) >= 11 is 7.44. The van der Waals surface area contributed by atoms with Crippen molar-refractivity contribution in [1.29, 1.82) is 5.26 Å². The van der Waals surface area contributed by atoms with Crippen molar-refractivity contribution in [3.63, 3.8) is 0 Å². The van der Waals surface area contributed by atoms with E-state index >= 15 is 0 Å². The summed E-state index contributed by atoms with van der Waals surface area (Å²) in [5.74, 6) is -0.488. The summed E-state index contributed by atoms with van der Waals surface area (Å²) in [4.78, 5) is 25.7. The maximum Gasteiger partial charge on any atom is 0.263 e. The lowest BCUT2D eigenvalue weighted by Crippen LogP contribution is -2.48. The highest BCUT2D eigenvalue weighted by Gasteiger charge is 2.46. The van der Waals surface area contributed by atoms with Crippen molar-refractivity contribution in [2.24, 2.45) is 18.5 Å². The Balaban J connectivity index is 1.81. The minimum Gasteiger partial charge on any atom is -0.476 e. The maximum absolute atomic E-state index is 13.0. The number of carbonyl (C=O) groups is 1. The maximum atomic E-state index is 13.0. The second-order valence-corrected chi connectivity index (χ2v) is 10.2. The summed E-state index contributed by atoms with van der Waals surface area (Å²) in [7, 11) is 3.36. The average Bonchev–Trinajstić information content (AvgIpc) is 3.58. The number of hydrogen-bond acceptors (Lipinski definition) is 8. The van der Waals surface area contributed by atoms with Crippen LogP contribution in [0.5, 0.6) is 0 Å². The predicted molar refractivity (Wildman–Crippen MR) is 134 cm³/mol. The Kier molecular flexibility index (Phi) is 8.15. The van der Waals surface area contributed by atoms with Gasteiger partial charge in [-0.2, -0.15) is 5.26 Å². The molecule has 1 amide bonds. The molecule has 0 unspecified atom stereocenters. The molecule has 1 aromatic carbocycles. The number of rotatable bonds is 9. The highest BCUT2D eigenvalue weighted by molar-refractivity contribution is 7.98. The first-order valence-corrected chi connectivity index (χ1v) is 11.7. The van der Waals surface area contributed by atoms with Crippen LogP contribution in [0.3, 0.4) is 0 Å². The first kappa shape index (κ1) is 25.5. The first-order chi connectivity index (χ1) is 16.2. The number of nitrogens with zero attached hydrogens (tertiary/aromatic N) is 3. The third kappa shape index (κ3) is 6.05. The monoisotopic (exact) mass is 502 g/mol. The lowest BCUT2D eigenvalue weighted by Gasteiger charge is -2.21. The van der Waals surface area contributed by atoms with E-state index in [4.69, 9.17) is 33.1 Å². The normalized spacial score (nSPS) is 15.6. The Labute approximate surface area is 206 Å². The van der Waals surface area contributed by atoms with Gasteiger partial charge < -0.3 is 26.1 Å². The standard InChI is InChI=1S/C23H27ClN6O3S/c1-29(10-9-25)34-23(7-8-23)14-33-20(27)19-16(12-26)11-18(22(32)30(19)2)21(31)28-13-15-3-5-17(24)6-4-15/h3-6,11-12H,7-8,10,13-14,26-27H2,1-2H3,(H,28,31)/b16-12-,20-19-. The number of ether oxygens (including phenoxy) is 1. The van der Waals surface area contributed by atoms with E-state index in [-0.39, 0.29) is 22.7 Å². The summed E-state index contributed by atoms with van der Waals surface area (Å²) in [6, 6.07) is 10.6. The second kappa shape index (κ2) is 10.9. The van der Waals surface area contributed by atoms with Gasteiger partial charge in [0, 0.05) is 30.0 Å². The van der Waals surface area contributed by atoms with Crippen LogP contribution in [0.25, 0.3) is 12.1 Å². The van der Waals surface area contributed by atoms with Crippen molar-refractivity contribution in [2.45, 2.75) is 24.1 Å². The van der Waals surface area contributed by atoms with Crippen LogP contribution in [0.1, 0.15) is 28.8 Å². The zero-order chi connectivity index (χ0) is 24.9. The molecule has 0 radical (unpaired) electrons. The fourth-order valence-electron chi connectivity index (χ4n) is 3.38. The summed E-state index contributed by atoms with van der Waals surface area (Å²) in [6.45, 7) is 0.856. The molecule has 3 rings (SSSR count). The summed E-state index contributed by atoms with van der Waals surface area (Å²) < 4.78 is 8.82. The highest BCUT2D eigenvalue weighted by atomic mass is 35.5. The molecule has 0 atom stereocenters. The fraction of sp³-hybridized carbons (Fsp3) is 0.348. The van der Waals surface area contributed by atoms with Crippen molar-refractivity contribution < 1.29 is 9.53 Å². The van der Waals surface area contributed by atoms with Crippen LogP contribution in [-0.4, -0.2) is 39.7 Å². The molecule has 0 aliphatic heterocycles. The van der Waals surface area contributed by atoms with Crippen molar-refractivity contribution in [3.05, 3.63) is 67.4 Å². The van der Waals surface area contributed by atoms with Gasteiger partial charge in [0.25, 0.3) is 11.5 Å². The number of nitrogens with two attached hydrogens (primary N) is 2. The number of nitriles is 1. The van der Waals surface area contributed by atoms with Gasteiger partial charge in [0.15, 0.2) is 0 Å². The van der Waals surface area contributed by atoms with E-state index in [1.165, 1.54) is 23.9 Å². The molecule has 0 spiro atoms. The quantitative estimate of drug-likeness (QED) is 0.329. The molecular weight excluding hydrogens is 476 g/mol. The van der Waals surface area contributed by atoms with Crippen molar-refractivity contribution in [2.75, 3.05) is 20.2 Å². The molecular formula is C23H27ClN6O3S. The number of aromatic nitrogens is 1. The molecule has 2 aromatic rings. The highest BCUT2D eigenvalue weighted by Crippen LogP contribution is 2.49. The summed E-state index contributed by atoms with van der Waals surface area (Å²) in [5.41, 5.74) is 12.3. The van der Waals surface area contributed by atoms with Crippen molar-refractivity contribution >= 4 is 41.5 Å². The van der Waals surface area contributed by atoms with Crippen molar-refractivity contribution in [3.8, 4) is 6.07 Å². The molecule has 11 heteroatoms. The first-order valence-electron chi connectivity index (χ1n) is 10.5. The van der Waals surface area contributed by atoms with Gasteiger partial charge in [-0.15, -0.1) is 0 Å². The number of nitrogens with one attached hydrogen (secondary N) is 1. The Morgan fingerprint density at radius 3 is 2.68 bits per heavy atom. The number of carbonyl (C=O) groups excluding carboxylic acids is 1. The molecule has 9 nitrogen and oxygen atoms in total. The van der Waals surface area contributed by atoms with E-state index in [2.05, 4.69) is 11.4 Å². The zero-order valence-electron chi connectivity index (χ0n) is 19.0. The third-order valence-corrected chi connectivity index (χ3v) is 7.02. The minimum atomic E-state index is -0.529. The van der Waals surface area contributed by atoms with E-state index in [1.54, 1.807) is 36.2 Å². The van der Waals surface area contributed by atoms with Crippen molar-refractivity contribution in [1.82, 2.24) is 14.2 Å². The average molecular weight is 503 g/mol. The van der Waals surface area contributed by atoms with Gasteiger partial charge >= 0.3 is 0 Å². The fourth-order valence-corrected chi connectivity index (χ4v) is 4.69. The van der Waals surface area contributed by atoms with E-state index in [1.807, 2.05) is 11.4 Å². The molecule has 1 saturated carbocycles. The lowest BCUT2D eigenvalue weighted by molar-refractivity contribution is 0.0948. The smallest absolute Gasteiger partial charge is 0.263 e. The zero-order valence-corrected chi connectivity index (χ0v) is 20.6. The van der Waals surface area contributed by atoms with Crippen LogP contribution in [0.4, 0.5) is 0 Å². The molecule has 180 valence electrons. The molecule has 5 N–H and O–H groups in total. The van der Waals surface area contributed by atoms with E-state index in [0.717, 1.165) is 18.4 Å². The molecule has 1 aliphatic rings. The molecule has 0 bridgehead atoms. The van der Waals surface area contributed by atoms with Crippen LogP contribution in [0.15, 0.2) is 35.1 Å². The number of benzene rings is 1. The van der Waals surface area contributed by atoms with Crippen LogP contribution in [-0.2, 0) is 18.3 Å². The number of pyridine rings is 1. The van der Waals surface area contributed by atoms with Crippen LogP contribution in [0.2, 0.25) is 5.02 Å². The van der Waals surface area contributed by atoms with Gasteiger partial charge in [0.1, 0.15) is 17.5 Å². The van der Waals surface area contributed by atoms with E-state index < -0.39 is 11.5 Å². The van der Waals surface area contributed by atoms with Gasteiger partial charge in [-0.25, -0.2) is 4.31 Å². The molecule has 1 aliphatic carbocycles. The molecule has 1 fully saturated rings. The van der Waals surface area contributed by atoms with E-state index in [9.17, 15) is 9.59 Å². The third-order valence-electron chi connectivity index (χ3n) is 5.41. The molecule has 0 saturated heterocycles. The van der Waals surface area contributed by atoms with Crippen LogP contribution >= 0.6 is 23.5 Å². The molecule has 34 heavy (non-hydrogen) atoms. The minimum absolute atomic E-state index is 0.0410. The largest absolute Gasteiger partial charge is 0.476 e. The Hall–Kier alpha value is -3.13. The summed E-state index contributed by atoms with van der Waals surface area (Å²) in [6.07, 6.45) is 3.15. The topological polar surface area (TPSA) is 139 Å².